The van der Waals surface area contributed by atoms with Crippen molar-refractivity contribution in [1.82, 2.24) is 4.90 Å². The van der Waals surface area contributed by atoms with Gasteiger partial charge in [0, 0.05) is 18.4 Å². The molecule has 37 heavy (non-hydrogen) atoms. The van der Waals surface area contributed by atoms with Gasteiger partial charge in [-0.1, -0.05) is 6.08 Å². The van der Waals surface area contributed by atoms with Crippen LogP contribution in [-0.4, -0.2) is 95.6 Å². The van der Waals surface area contributed by atoms with Crippen molar-refractivity contribution in [1.29, 1.82) is 0 Å². The summed E-state index contributed by atoms with van der Waals surface area (Å²) in [6.45, 7) is 3.92. The Kier molecular flexibility index (Phi) is 7.18. The van der Waals surface area contributed by atoms with Gasteiger partial charge in [0.25, 0.3) is 5.91 Å². The molecular weight excluding hydrogens is 486 g/mol. The quantitative estimate of drug-likeness (QED) is 0.379. The number of rotatable bonds is 6. The summed E-state index contributed by atoms with van der Waals surface area (Å²) in [6, 6.07) is 3.69. The fourth-order valence-corrected chi connectivity index (χ4v) is 5.85. The molecule has 5 rings (SSSR count). The maximum Gasteiger partial charge on any atom is 0.253 e. The third-order valence-electron chi connectivity index (χ3n) is 7.88. The molecule has 2 saturated heterocycles. The van der Waals surface area contributed by atoms with Crippen LogP contribution in [0.3, 0.4) is 0 Å². The van der Waals surface area contributed by atoms with E-state index in [1.807, 2.05) is 17.0 Å². The average molecular weight is 520 g/mol. The van der Waals surface area contributed by atoms with Crippen molar-refractivity contribution in [3.8, 4) is 11.5 Å². The number of carbonyl (C=O) groups is 1. The first-order valence-electron chi connectivity index (χ1n) is 12.3. The van der Waals surface area contributed by atoms with Crippen LogP contribution in [0.1, 0.15) is 23.6 Å². The summed E-state index contributed by atoms with van der Waals surface area (Å²) in [5.74, 6) is 0.325. The SMILES string of the molecule is C=CC1C(OC2OC(CO)C(O)C(O)C2O)OC=C2C(=O)N3CCc4cc(OC)c(OC)cc4C3CC21. The lowest BCUT2D eigenvalue weighted by atomic mass is 9.73. The highest BCUT2D eigenvalue weighted by atomic mass is 16.8. The van der Waals surface area contributed by atoms with Gasteiger partial charge >= 0.3 is 0 Å². The molecule has 0 aromatic heterocycles. The zero-order valence-corrected chi connectivity index (χ0v) is 20.7. The molecule has 1 aromatic rings. The number of hydrogen-bond donors (Lipinski definition) is 4. The van der Waals surface area contributed by atoms with Crippen LogP contribution in [0, 0.1) is 11.8 Å². The van der Waals surface area contributed by atoms with Gasteiger partial charge in [-0.05, 0) is 36.1 Å². The normalized spacial score (nSPS) is 36.9. The largest absolute Gasteiger partial charge is 0.493 e. The van der Waals surface area contributed by atoms with Crippen molar-refractivity contribution in [2.45, 2.75) is 55.9 Å². The van der Waals surface area contributed by atoms with E-state index in [1.54, 1.807) is 20.3 Å². The highest BCUT2D eigenvalue weighted by molar-refractivity contribution is 5.95. The Balaban J connectivity index is 1.42. The molecule has 1 aromatic carbocycles. The van der Waals surface area contributed by atoms with Crippen LogP contribution in [0.2, 0.25) is 0 Å². The summed E-state index contributed by atoms with van der Waals surface area (Å²) >= 11 is 0. The first-order valence-corrected chi connectivity index (χ1v) is 12.3. The number of nitrogens with zero attached hydrogens (tertiary/aromatic N) is 1. The maximum absolute atomic E-state index is 13.5. The first-order chi connectivity index (χ1) is 17.8. The van der Waals surface area contributed by atoms with E-state index in [9.17, 15) is 25.2 Å². The molecule has 1 amide bonds. The van der Waals surface area contributed by atoms with Gasteiger partial charge in [0.2, 0.25) is 6.29 Å². The van der Waals surface area contributed by atoms with Crippen LogP contribution in [0.4, 0.5) is 0 Å². The summed E-state index contributed by atoms with van der Waals surface area (Å²) in [5, 5.41) is 40.1. The fourth-order valence-electron chi connectivity index (χ4n) is 5.85. The Morgan fingerprint density at radius 1 is 1.11 bits per heavy atom. The number of piperidine rings is 1. The van der Waals surface area contributed by atoms with Crippen molar-refractivity contribution in [3.63, 3.8) is 0 Å². The minimum atomic E-state index is -1.58. The van der Waals surface area contributed by atoms with Crippen molar-refractivity contribution in [2.24, 2.45) is 11.8 Å². The molecule has 4 aliphatic heterocycles. The molecule has 4 aliphatic rings. The topological polar surface area (TPSA) is 147 Å². The Morgan fingerprint density at radius 3 is 2.51 bits per heavy atom. The molecule has 4 heterocycles. The van der Waals surface area contributed by atoms with Crippen LogP contribution in [-0.2, 0) is 25.4 Å². The number of hydrogen-bond acceptors (Lipinski definition) is 10. The van der Waals surface area contributed by atoms with E-state index in [0.29, 0.717) is 36.5 Å². The van der Waals surface area contributed by atoms with Crippen LogP contribution in [0.15, 0.2) is 36.6 Å². The number of ether oxygens (including phenoxy) is 5. The van der Waals surface area contributed by atoms with Gasteiger partial charge in [-0.3, -0.25) is 4.79 Å². The van der Waals surface area contributed by atoms with Gasteiger partial charge in [0.05, 0.1) is 38.7 Å². The van der Waals surface area contributed by atoms with E-state index in [1.165, 1.54) is 6.26 Å². The van der Waals surface area contributed by atoms with Crippen LogP contribution in [0.5, 0.6) is 11.5 Å². The predicted octanol–water partition coefficient (Wildman–Crippen LogP) is 0.00840. The molecule has 0 aliphatic carbocycles. The first kappa shape index (κ1) is 26.0. The van der Waals surface area contributed by atoms with Crippen LogP contribution >= 0.6 is 0 Å². The number of methoxy groups -OCH3 is 2. The van der Waals surface area contributed by atoms with Gasteiger partial charge in [-0.15, -0.1) is 6.58 Å². The predicted molar refractivity (Wildman–Crippen MR) is 127 cm³/mol. The van der Waals surface area contributed by atoms with Gasteiger partial charge in [-0.2, -0.15) is 0 Å². The van der Waals surface area contributed by atoms with E-state index in [4.69, 9.17) is 23.7 Å². The van der Waals surface area contributed by atoms with Gasteiger partial charge in [-0.25, -0.2) is 0 Å². The third-order valence-corrected chi connectivity index (χ3v) is 7.88. The van der Waals surface area contributed by atoms with Crippen LogP contribution in [0.25, 0.3) is 0 Å². The van der Waals surface area contributed by atoms with Crippen molar-refractivity contribution in [3.05, 3.63) is 47.7 Å². The number of carbonyl (C=O) groups excluding carboxylic acids is 1. The second kappa shape index (κ2) is 10.2. The Morgan fingerprint density at radius 2 is 1.84 bits per heavy atom. The minimum Gasteiger partial charge on any atom is -0.493 e. The molecule has 11 nitrogen and oxygen atoms in total. The summed E-state index contributed by atoms with van der Waals surface area (Å²) in [6.07, 6.45) is -3.83. The zero-order chi connectivity index (χ0) is 26.4. The van der Waals surface area contributed by atoms with Crippen molar-refractivity contribution < 1.29 is 48.9 Å². The van der Waals surface area contributed by atoms with Gasteiger partial charge in [0.1, 0.15) is 24.4 Å². The number of aliphatic hydroxyl groups excluding tert-OH is 4. The average Bonchev–Trinajstić information content (AvgIpc) is 2.92. The van der Waals surface area contributed by atoms with Crippen LogP contribution < -0.4 is 9.47 Å². The second-order valence-electron chi connectivity index (χ2n) is 9.74. The van der Waals surface area contributed by atoms with Gasteiger partial charge in [0.15, 0.2) is 17.8 Å². The molecule has 11 heteroatoms. The maximum atomic E-state index is 13.5. The Bertz CT molecular complexity index is 1070. The fraction of sp³-hybridized carbons (Fsp3) is 0.577. The summed E-state index contributed by atoms with van der Waals surface area (Å²) in [4.78, 5) is 15.4. The molecule has 9 unspecified atom stereocenters. The number of fused-ring (bicyclic) bond motifs is 4. The van der Waals surface area contributed by atoms with Crippen molar-refractivity contribution >= 4 is 5.91 Å². The zero-order valence-electron chi connectivity index (χ0n) is 20.7. The van der Waals surface area contributed by atoms with E-state index >= 15 is 0 Å². The highest BCUT2D eigenvalue weighted by Gasteiger charge is 2.50. The number of amides is 1. The molecular formula is C26H33NO10. The molecule has 2 fully saturated rings. The molecule has 9 atom stereocenters. The van der Waals surface area contributed by atoms with E-state index in [2.05, 4.69) is 6.58 Å². The molecule has 0 radical (unpaired) electrons. The lowest BCUT2D eigenvalue weighted by Crippen LogP contribution is -2.60. The summed E-state index contributed by atoms with van der Waals surface area (Å²) in [7, 11) is 3.16. The van der Waals surface area contributed by atoms with E-state index in [0.717, 1.165) is 11.1 Å². The number of benzene rings is 1. The summed E-state index contributed by atoms with van der Waals surface area (Å²) in [5.41, 5.74) is 2.60. The lowest BCUT2D eigenvalue weighted by Gasteiger charge is -2.48. The summed E-state index contributed by atoms with van der Waals surface area (Å²) < 4.78 is 28.2. The molecule has 0 spiro atoms. The monoisotopic (exact) mass is 519 g/mol. The molecule has 0 saturated carbocycles. The number of aliphatic hydroxyl groups is 4. The smallest absolute Gasteiger partial charge is 0.253 e. The third kappa shape index (κ3) is 4.29. The minimum absolute atomic E-state index is 0.125. The molecule has 0 bridgehead atoms. The standard InChI is InChI=1S/C26H33NO10/c1-4-13-15-8-17-14-9-19(34-3)18(33-2)7-12(14)5-6-27(17)24(32)16(15)11-35-25(13)37-26-23(31)22(30)21(29)20(10-28)36-26/h4,7,9,11,13,15,17,20-23,25-26,28-31H,1,5-6,8,10H2,2-3H3. The molecule has 4 N–H and O–H groups in total. The highest BCUT2D eigenvalue weighted by Crippen LogP contribution is 2.49. The van der Waals surface area contributed by atoms with E-state index < -0.39 is 49.5 Å². The second-order valence-corrected chi connectivity index (χ2v) is 9.74. The Labute approximate surface area is 214 Å². The van der Waals surface area contributed by atoms with Crippen molar-refractivity contribution in [2.75, 3.05) is 27.4 Å². The lowest BCUT2D eigenvalue weighted by molar-refractivity contribution is -0.339. The van der Waals surface area contributed by atoms with Gasteiger partial charge < -0.3 is 49.0 Å². The Hall–Kier alpha value is -2.67. The molecule has 202 valence electrons. The van der Waals surface area contributed by atoms with E-state index in [-0.39, 0.29) is 17.9 Å².